The van der Waals surface area contributed by atoms with Crippen LogP contribution >= 0.6 is 0 Å². The standard InChI is InChI=1S/C12H21N3.C2H6/c1-5-10-13-11-8-9(12(2,3)4)6-7-15(11)14-10;1-2/h9H,5-8H2,1-4H3;1-2H3. The molecule has 2 heterocycles. The molecule has 17 heavy (non-hydrogen) atoms. The van der Waals surface area contributed by atoms with Crippen LogP contribution in [-0.4, -0.2) is 14.8 Å². The van der Waals surface area contributed by atoms with Gasteiger partial charge in [0.2, 0.25) is 0 Å². The highest BCUT2D eigenvalue weighted by Crippen LogP contribution is 2.34. The Balaban J connectivity index is 0.000000686. The average Bonchev–Trinajstić information content (AvgIpc) is 2.72. The van der Waals surface area contributed by atoms with Crippen molar-refractivity contribution < 1.29 is 0 Å². The van der Waals surface area contributed by atoms with E-state index in [0.717, 1.165) is 31.1 Å². The number of aryl methyl sites for hydroxylation is 2. The highest BCUT2D eigenvalue weighted by atomic mass is 15.3. The molecule has 0 saturated carbocycles. The molecular weight excluding hydrogens is 210 g/mol. The molecule has 1 aliphatic heterocycles. The van der Waals surface area contributed by atoms with Crippen molar-refractivity contribution in [2.24, 2.45) is 11.3 Å². The third-order valence-electron chi connectivity index (χ3n) is 3.45. The van der Waals surface area contributed by atoms with E-state index in [4.69, 9.17) is 0 Å². The fourth-order valence-electron chi connectivity index (χ4n) is 2.25. The van der Waals surface area contributed by atoms with Gasteiger partial charge < -0.3 is 0 Å². The Labute approximate surface area is 106 Å². The Kier molecular flexibility index (Phi) is 4.72. The normalized spacial score (nSPS) is 19.3. The second-order valence-corrected chi connectivity index (χ2v) is 5.58. The van der Waals surface area contributed by atoms with Crippen molar-refractivity contribution in [1.29, 1.82) is 0 Å². The molecule has 1 aliphatic rings. The minimum Gasteiger partial charge on any atom is -0.250 e. The topological polar surface area (TPSA) is 30.7 Å². The number of nitrogens with zero attached hydrogens (tertiary/aromatic N) is 3. The molecule has 1 aromatic rings. The number of fused-ring (bicyclic) bond motifs is 1. The Bertz CT molecular complexity index is 347. The third-order valence-corrected chi connectivity index (χ3v) is 3.45. The van der Waals surface area contributed by atoms with E-state index >= 15 is 0 Å². The lowest BCUT2D eigenvalue weighted by Gasteiger charge is -2.33. The number of rotatable bonds is 1. The molecule has 3 nitrogen and oxygen atoms in total. The summed E-state index contributed by atoms with van der Waals surface area (Å²) in [7, 11) is 0. The average molecular weight is 237 g/mol. The monoisotopic (exact) mass is 237 g/mol. The first kappa shape index (κ1) is 14.2. The molecule has 0 bridgehead atoms. The van der Waals surface area contributed by atoms with Crippen LogP contribution in [0.15, 0.2) is 0 Å². The molecule has 1 unspecified atom stereocenters. The summed E-state index contributed by atoms with van der Waals surface area (Å²) >= 11 is 0. The van der Waals surface area contributed by atoms with Gasteiger partial charge in [-0.2, -0.15) is 5.10 Å². The summed E-state index contributed by atoms with van der Waals surface area (Å²) in [5.41, 5.74) is 0.392. The molecule has 98 valence electrons. The van der Waals surface area contributed by atoms with Crippen LogP contribution in [0.25, 0.3) is 0 Å². The van der Waals surface area contributed by atoms with Gasteiger partial charge in [-0.3, -0.25) is 0 Å². The van der Waals surface area contributed by atoms with Crippen LogP contribution in [0.3, 0.4) is 0 Å². The van der Waals surface area contributed by atoms with Crippen LogP contribution in [0.1, 0.15) is 59.6 Å². The van der Waals surface area contributed by atoms with Crippen LogP contribution < -0.4 is 0 Å². The van der Waals surface area contributed by atoms with Crippen molar-refractivity contribution in [2.75, 3.05) is 0 Å². The highest BCUT2D eigenvalue weighted by Gasteiger charge is 2.30. The molecule has 0 N–H and O–H groups in total. The van der Waals surface area contributed by atoms with Gasteiger partial charge in [0.15, 0.2) is 5.82 Å². The van der Waals surface area contributed by atoms with Crippen molar-refractivity contribution >= 4 is 0 Å². The van der Waals surface area contributed by atoms with Gasteiger partial charge in [0.25, 0.3) is 0 Å². The summed E-state index contributed by atoms with van der Waals surface area (Å²) in [6, 6.07) is 0. The van der Waals surface area contributed by atoms with Crippen molar-refractivity contribution in [1.82, 2.24) is 14.8 Å². The highest BCUT2D eigenvalue weighted by molar-refractivity contribution is 4.99. The van der Waals surface area contributed by atoms with Crippen LogP contribution in [0, 0.1) is 11.3 Å². The van der Waals surface area contributed by atoms with Crippen molar-refractivity contribution in [3.05, 3.63) is 11.6 Å². The molecular formula is C14H27N3. The molecule has 0 spiro atoms. The molecule has 0 aliphatic carbocycles. The first-order chi connectivity index (χ1) is 8.00. The lowest BCUT2D eigenvalue weighted by Crippen LogP contribution is -2.29. The van der Waals surface area contributed by atoms with E-state index in [1.807, 2.05) is 13.8 Å². The van der Waals surface area contributed by atoms with Crippen LogP contribution in [0.2, 0.25) is 0 Å². The first-order valence-electron chi connectivity index (χ1n) is 6.93. The van der Waals surface area contributed by atoms with E-state index in [2.05, 4.69) is 42.5 Å². The second-order valence-electron chi connectivity index (χ2n) is 5.58. The summed E-state index contributed by atoms with van der Waals surface area (Å²) in [6.45, 7) is 14.1. The van der Waals surface area contributed by atoms with Crippen LogP contribution in [0.4, 0.5) is 0 Å². The fraction of sp³-hybridized carbons (Fsp3) is 0.857. The summed E-state index contributed by atoms with van der Waals surface area (Å²) in [5, 5.41) is 4.49. The Morgan fingerprint density at radius 3 is 2.47 bits per heavy atom. The van der Waals surface area contributed by atoms with E-state index in [-0.39, 0.29) is 0 Å². The minimum absolute atomic E-state index is 0.392. The lowest BCUT2D eigenvalue weighted by atomic mass is 9.75. The molecule has 1 atom stereocenters. The van der Waals surface area contributed by atoms with E-state index in [9.17, 15) is 0 Å². The van der Waals surface area contributed by atoms with Crippen molar-refractivity contribution in [2.45, 2.75) is 67.3 Å². The zero-order valence-electron chi connectivity index (χ0n) is 12.2. The van der Waals surface area contributed by atoms with Gasteiger partial charge in [0, 0.05) is 19.4 Å². The second kappa shape index (κ2) is 5.65. The Hall–Kier alpha value is -0.860. The van der Waals surface area contributed by atoms with Gasteiger partial charge in [-0.15, -0.1) is 0 Å². The van der Waals surface area contributed by atoms with Crippen LogP contribution in [0.5, 0.6) is 0 Å². The maximum atomic E-state index is 4.58. The molecule has 2 rings (SSSR count). The maximum Gasteiger partial charge on any atom is 0.150 e. The summed E-state index contributed by atoms with van der Waals surface area (Å²) in [6.07, 6.45) is 3.28. The molecule has 0 aromatic carbocycles. The first-order valence-corrected chi connectivity index (χ1v) is 6.93. The SMILES string of the molecule is CC.CCc1nc2n(n1)CCC(C(C)(C)C)C2. The Morgan fingerprint density at radius 1 is 1.29 bits per heavy atom. The number of aromatic nitrogens is 3. The smallest absolute Gasteiger partial charge is 0.150 e. The van der Waals surface area contributed by atoms with Gasteiger partial charge in [0.1, 0.15) is 5.82 Å². The van der Waals surface area contributed by atoms with E-state index < -0.39 is 0 Å². The largest absolute Gasteiger partial charge is 0.250 e. The van der Waals surface area contributed by atoms with Crippen molar-refractivity contribution in [3.63, 3.8) is 0 Å². The Morgan fingerprint density at radius 2 is 1.94 bits per heavy atom. The van der Waals surface area contributed by atoms with Crippen molar-refractivity contribution in [3.8, 4) is 0 Å². The van der Waals surface area contributed by atoms with E-state index in [1.165, 1.54) is 12.2 Å². The third kappa shape index (κ3) is 3.30. The molecule has 0 saturated heterocycles. The molecule has 0 fully saturated rings. The summed E-state index contributed by atoms with van der Waals surface area (Å²) in [4.78, 5) is 4.58. The zero-order chi connectivity index (χ0) is 13.1. The van der Waals surface area contributed by atoms with Crippen LogP contribution in [-0.2, 0) is 19.4 Å². The molecule has 3 heteroatoms. The van der Waals surface area contributed by atoms with Gasteiger partial charge in [-0.05, 0) is 17.8 Å². The summed E-state index contributed by atoms with van der Waals surface area (Å²) in [5.74, 6) is 2.94. The van der Waals surface area contributed by atoms with Gasteiger partial charge in [-0.25, -0.2) is 9.67 Å². The number of hydrogen-bond donors (Lipinski definition) is 0. The molecule has 1 aromatic heterocycles. The minimum atomic E-state index is 0.392. The van der Waals surface area contributed by atoms with E-state index in [1.54, 1.807) is 0 Å². The lowest BCUT2D eigenvalue weighted by molar-refractivity contribution is 0.188. The predicted octanol–water partition coefficient (Wildman–Crippen LogP) is 3.48. The maximum absolute atomic E-state index is 4.58. The zero-order valence-corrected chi connectivity index (χ0v) is 12.2. The molecule has 0 amide bonds. The van der Waals surface area contributed by atoms with Gasteiger partial charge in [0.05, 0.1) is 0 Å². The number of hydrogen-bond acceptors (Lipinski definition) is 2. The quantitative estimate of drug-likeness (QED) is 0.748. The fourth-order valence-corrected chi connectivity index (χ4v) is 2.25. The van der Waals surface area contributed by atoms with E-state index in [0.29, 0.717) is 5.41 Å². The van der Waals surface area contributed by atoms with Gasteiger partial charge in [-0.1, -0.05) is 41.5 Å². The van der Waals surface area contributed by atoms with Gasteiger partial charge >= 0.3 is 0 Å². The summed E-state index contributed by atoms with van der Waals surface area (Å²) < 4.78 is 2.10. The molecule has 0 radical (unpaired) electrons. The predicted molar refractivity (Wildman–Crippen MR) is 72.0 cm³/mol.